The fourth-order valence-corrected chi connectivity index (χ4v) is 3.15. The zero-order chi connectivity index (χ0) is 18.4. The Balaban J connectivity index is 0.000000257. The first kappa shape index (κ1) is 21.4. The molecule has 3 nitrogen and oxygen atoms in total. The number of benzene rings is 2. The van der Waals surface area contributed by atoms with Crippen molar-refractivity contribution < 1.29 is 13.0 Å². The van der Waals surface area contributed by atoms with Gasteiger partial charge in [-0.25, -0.2) is 0 Å². The van der Waals surface area contributed by atoms with E-state index in [1.54, 1.807) is 30.3 Å². The summed E-state index contributed by atoms with van der Waals surface area (Å²) in [5, 5.41) is 0. The minimum absolute atomic E-state index is 0.312. The summed E-state index contributed by atoms with van der Waals surface area (Å²) < 4.78 is 29.2. The third-order valence-corrected chi connectivity index (χ3v) is 4.55. The van der Waals surface area contributed by atoms with Crippen molar-refractivity contribution >= 4 is 10.1 Å². The highest BCUT2D eigenvalue weighted by Gasteiger charge is 2.04. The molecule has 0 aliphatic heterocycles. The molecule has 0 aliphatic carbocycles. The van der Waals surface area contributed by atoms with E-state index >= 15 is 0 Å². The van der Waals surface area contributed by atoms with Crippen molar-refractivity contribution in [2.24, 2.45) is 0 Å². The summed E-state index contributed by atoms with van der Waals surface area (Å²) in [6, 6.07) is 19.3. The maximum atomic E-state index is 10.4. The summed E-state index contributed by atoms with van der Waals surface area (Å²) in [6.07, 6.45) is 9.60. The van der Waals surface area contributed by atoms with Gasteiger partial charge >= 0.3 is 0 Å². The second kappa shape index (κ2) is 12.7. The van der Waals surface area contributed by atoms with E-state index in [4.69, 9.17) is 4.55 Å². The third-order valence-electron chi connectivity index (χ3n) is 3.85. The molecule has 2 aromatic carbocycles. The molecule has 0 bridgehead atoms. The molecule has 1 N–H and O–H groups in total. The lowest BCUT2D eigenvalue weighted by Gasteiger charge is -2.01. The molecule has 138 valence electrons. The normalized spacial score (nSPS) is 10.8. The predicted molar refractivity (Wildman–Crippen MR) is 105 cm³/mol. The molecule has 0 amide bonds. The van der Waals surface area contributed by atoms with Crippen LogP contribution in [0.2, 0.25) is 0 Å². The van der Waals surface area contributed by atoms with Gasteiger partial charge in [-0.1, -0.05) is 99.7 Å². The summed E-state index contributed by atoms with van der Waals surface area (Å²) in [4.78, 5) is 0. The Labute approximate surface area is 152 Å². The van der Waals surface area contributed by atoms with Crippen LogP contribution in [0.5, 0.6) is 0 Å². The Morgan fingerprint density at radius 1 is 0.720 bits per heavy atom. The number of hydrogen-bond acceptors (Lipinski definition) is 2. The molecule has 0 spiro atoms. The molecule has 0 unspecified atom stereocenters. The summed E-state index contributed by atoms with van der Waals surface area (Å²) in [5.41, 5.74) is 2.08. The zero-order valence-corrected chi connectivity index (χ0v) is 15.9. The van der Waals surface area contributed by atoms with Crippen molar-refractivity contribution in [3.05, 3.63) is 71.8 Å². The van der Waals surface area contributed by atoms with Crippen molar-refractivity contribution in [3.8, 4) is 0 Å². The molecule has 0 fully saturated rings. The average Bonchev–Trinajstić information content (AvgIpc) is 2.59. The van der Waals surface area contributed by atoms with Crippen molar-refractivity contribution in [2.75, 3.05) is 0 Å². The first-order valence-electron chi connectivity index (χ1n) is 9.04. The van der Waals surface area contributed by atoms with Gasteiger partial charge in [-0.05, 0) is 24.0 Å². The quantitative estimate of drug-likeness (QED) is 0.462. The van der Waals surface area contributed by atoms with Gasteiger partial charge < -0.3 is 0 Å². The molecular weight excluding hydrogens is 332 g/mol. The Kier molecular flexibility index (Phi) is 10.8. The Morgan fingerprint density at radius 3 is 1.72 bits per heavy atom. The van der Waals surface area contributed by atoms with Crippen LogP contribution in [0.4, 0.5) is 0 Å². The van der Waals surface area contributed by atoms with E-state index in [1.165, 1.54) is 50.5 Å². The molecule has 0 heterocycles. The van der Waals surface area contributed by atoms with Gasteiger partial charge in [-0.2, -0.15) is 8.42 Å². The smallest absolute Gasteiger partial charge is 0.269 e. The molecule has 2 rings (SSSR count). The van der Waals surface area contributed by atoms with Crippen LogP contribution >= 0.6 is 0 Å². The van der Waals surface area contributed by atoms with E-state index in [9.17, 15) is 8.42 Å². The minimum Gasteiger partial charge on any atom is -0.285 e. The number of unbranched alkanes of at least 4 members (excludes halogenated alkanes) is 5. The van der Waals surface area contributed by atoms with Crippen LogP contribution in [0.25, 0.3) is 0 Å². The lowest BCUT2D eigenvalue weighted by Crippen LogP contribution is -2.00. The summed E-state index contributed by atoms with van der Waals surface area (Å²) >= 11 is 0. The molecule has 0 saturated heterocycles. The lowest BCUT2D eigenvalue weighted by atomic mass is 10.1. The second-order valence-corrected chi connectivity index (χ2v) is 7.67. The molecule has 0 aromatic heterocycles. The van der Waals surface area contributed by atoms with Gasteiger partial charge in [0.1, 0.15) is 5.75 Å². The molecule has 0 radical (unpaired) electrons. The highest BCUT2D eigenvalue weighted by Crippen LogP contribution is 2.09. The van der Waals surface area contributed by atoms with E-state index < -0.39 is 10.1 Å². The topological polar surface area (TPSA) is 54.4 Å². The van der Waals surface area contributed by atoms with E-state index in [0.29, 0.717) is 5.56 Å². The SMILES string of the molecule is CCCCCCCCc1ccccc1.O=S(=O)(O)Cc1ccccc1. The number of rotatable bonds is 9. The Bertz CT molecular complexity index is 652. The van der Waals surface area contributed by atoms with Gasteiger partial charge in [0.15, 0.2) is 0 Å². The van der Waals surface area contributed by atoms with Crippen LogP contribution in [0, 0.1) is 0 Å². The van der Waals surface area contributed by atoms with Gasteiger partial charge in [0, 0.05) is 0 Å². The molecule has 0 atom stereocenters. The van der Waals surface area contributed by atoms with Crippen LogP contribution in [-0.2, 0) is 22.3 Å². The summed E-state index contributed by atoms with van der Waals surface area (Å²) in [6.45, 7) is 2.27. The molecule has 4 heteroatoms. The zero-order valence-electron chi connectivity index (χ0n) is 15.1. The fraction of sp³-hybridized carbons (Fsp3) is 0.429. The van der Waals surface area contributed by atoms with Crippen LogP contribution < -0.4 is 0 Å². The Hall–Kier alpha value is -1.65. The van der Waals surface area contributed by atoms with Crippen molar-refractivity contribution in [1.29, 1.82) is 0 Å². The predicted octanol–water partition coefficient (Wildman–Crippen LogP) is 5.66. The van der Waals surface area contributed by atoms with E-state index in [2.05, 4.69) is 37.3 Å². The van der Waals surface area contributed by atoms with Crippen molar-refractivity contribution in [2.45, 2.75) is 57.6 Å². The molecule has 0 aliphatic rings. The van der Waals surface area contributed by atoms with E-state index in [-0.39, 0.29) is 5.75 Å². The minimum atomic E-state index is -3.88. The molecule has 25 heavy (non-hydrogen) atoms. The maximum absolute atomic E-state index is 10.4. The van der Waals surface area contributed by atoms with Crippen LogP contribution in [-0.4, -0.2) is 13.0 Å². The van der Waals surface area contributed by atoms with Gasteiger partial charge in [-0.3, -0.25) is 4.55 Å². The molecule has 2 aromatic rings. The highest BCUT2D eigenvalue weighted by atomic mass is 32.2. The van der Waals surface area contributed by atoms with E-state index in [1.807, 2.05) is 0 Å². The van der Waals surface area contributed by atoms with Gasteiger partial charge in [0.05, 0.1) is 0 Å². The monoisotopic (exact) mass is 362 g/mol. The number of hydrogen-bond donors (Lipinski definition) is 1. The van der Waals surface area contributed by atoms with Crippen LogP contribution in [0.3, 0.4) is 0 Å². The van der Waals surface area contributed by atoms with Gasteiger partial charge in [0.25, 0.3) is 10.1 Å². The first-order chi connectivity index (χ1) is 12.0. The van der Waals surface area contributed by atoms with Crippen LogP contribution in [0.15, 0.2) is 60.7 Å². The Morgan fingerprint density at radius 2 is 1.20 bits per heavy atom. The van der Waals surface area contributed by atoms with Gasteiger partial charge in [-0.15, -0.1) is 0 Å². The first-order valence-corrected chi connectivity index (χ1v) is 10.6. The molecule has 0 saturated carbocycles. The largest absolute Gasteiger partial charge is 0.285 e. The second-order valence-electron chi connectivity index (χ2n) is 6.22. The van der Waals surface area contributed by atoms with E-state index in [0.717, 1.165) is 0 Å². The van der Waals surface area contributed by atoms with Gasteiger partial charge in [0.2, 0.25) is 0 Å². The standard InChI is InChI=1S/C14H22.C7H8O3S/c1-2-3-4-5-6-8-11-14-12-9-7-10-13-14;8-11(9,10)6-7-4-2-1-3-5-7/h7,9-10,12-13H,2-6,8,11H2,1H3;1-5H,6H2,(H,8,9,10). The van der Waals surface area contributed by atoms with Crippen LogP contribution in [0.1, 0.15) is 56.6 Å². The summed E-state index contributed by atoms with van der Waals surface area (Å²) in [5.74, 6) is -0.312. The number of aryl methyl sites for hydroxylation is 1. The van der Waals surface area contributed by atoms with Crippen molar-refractivity contribution in [1.82, 2.24) is 0 Å². The highest BCUT2D eigenvalue weighted by molar-refractivity contribution is 7.85. The fourth-order valence-electron chi connectivity index (χ4n) is 2.54. The van der Waals surface area contributed by atoms with Crippen molar-refractivity contribution in [3.63, 3.8) is 0 Å². The average molecular weight is 363 g/mol. The third kappa shape index (κ3) is 12.4. The maximum Gasteiger partial charge on any atom is 0.269 e. The molecular formula is C21H30O3S. The summed E-state index contributed by atoms with van der Waals surface area (Å²) in [7, 11) is -3.88. The lowest BCUT2D eigenvalue weighted by molar-refractivity contribution is 0.482.